The molecule has 2 heterocycles. The van der Waals surface area contributed by atoms with Gasteiger partial charge in [-0.25, -0.2) is 0 Å². The molecule has 1 fully saturated rings. The third-order valence-corrected chi connectivity index (χ3v) is 5.95. The van der Waals surface area contributed by atoms with Gasteiger partial charge in [0, 0.05) is 28.2 Å². The summed E-state index contributed by atoms with van der Waals surface area (Å²) < 4.78 is 5.59. The lowest BCUT2D eigenvalue weighted by Crippen LogP contribution is -2.18. The van der Waals surface area contributed by atoms with E-state index in [0.717, 1.165) is 13.0 Å². The summed E-state index contributed by atoms with van der Waals surface area (Å²) in [6.45, 7) is 5.93. The summed E-state index contributed by atoms with van der Waals surface area (Å²) >= 11 is 3.85. The van der Waals surface area contributed by atoms with Crippen molar-refractivity contribution in [2.24, 2.45) is 5.73 Å². The normalized spacial score (nSPS) is 27.2. The Hall–Kier alpha value is -0.0300. The highest BCUT2D eigenvalue weighted by Gasteiger charge is 2.28. The van der Waals surface area contributed by atoms with Gasteiger partial charge in [0.25, 0.3) is 0 Å². The molecule has 0 aromatic carbocycles. The van der Waals surface area contributed by atoms with Crippen molar-refractivity contribution in [3.05, 3.63) is 21.9 Å². The minimum atomic E-state index is 0.375. The summed E-state index contributed by atoms with van der Waals surface area (Å²) in [4.78, 5) is 2.77. The molecule has 90 valence electrons. The molecule has 1 aromatic heterocycles. The highest BCUT2D eigenvalue weighted by atomic mass is 32.2. The van der Waals surface area contributed by atoms with Crippen LogP contribution in [-0.4, -0.2) is 24.5 Å². The first-order valence-electron chi connectivity index (χ1n) is 5.74. The van der Waals surface area contributed by atoms with Gasteiger partial charge in [0.05, 0.1) is 11.4 Å². The van der Waals surface area contributed by atoms with Crippen LogP contribution in [0.5, 0.6) is 0 Å². The average molecular weight is 257 g/mol. The molecule has 0 radical (unpaired) electrons. The minimum absolute atomic E-state index is 0.375. The molecule has 1 aliphatic heterocycles. The van der Waals surface area contributed by atoms with Crippen LogP contribution in [0.15, 0.2) is 12.1 Å². The lowest BCUT2D eigenvalue weighted by atomic mass is 10.2. The molecule has 1 aromatic rings. The van der Waals surface area contributed by atoms with Gasteiger partial charge < -0.3 is 10.5 Å². The van der Waals surface area contributed by atoms with Gasteiger partial charge >= 0.3 is 0 Å². The topological polar surface area (TPSA) is 35.2 Å². The second-order valence-electron chi connectivity index (χ2n) is 4.21. The van der Waals surface area contributed by atoms with Crippen molar-refractivity contribution >= 4 is 23.1 Å². The van der Waals surface area contributed by atoms with Crippen LogP contribution in [0.4, 0.5) is 0 Å². The van der Waals surface area contributed by atoms with Gasteiger partial charge in [-0.3, -0.25) is 0 Å². The Labute approximate surface area is 106 Å². The van der Waals surface area contributed by atoms with Crippen LogP contribution in [-0.2, 0) is 4.74 Å². The Balaban J connectivity index is 2.00. The Morgan fingerprint density at radius 2 is 2.44 bits per heavy atom. The van der Waals surface area contributed by atoms with Crippen LogP contribution in [0.3, 0.4) is 0 Å². The lowest BCUT2D eigenvalue weighted by Gasteiger charge is -2.19. The van der Waals surface area contributed by atoms with Gasteiger partial charge in [-0.05, 0) is 32.4 Å². The van der Waals surface area contributed by atoms with Crippen molar-refractivity contribution in [2.45, 2.75) is 36.9 Å². The number of thioether (sulfide) groups is 1. The number of rotatable bonds is 4. The van der Waals surface area contributed by atoms with Crippen molar-refractivity contribution in [1.29, 1.82) is 0 Å². The number of aryl methyl sites for hydroxylation is 1. The molecule has 16 heavy (non-hydrogen) atoms. The molecule has 0 spiro atoms. The van der Waals surface area contributed by atoms with Crippen molar-refractivity contribution < 1.29 is 4.74 Å². The largest absolute Gasteiger partial charge is 0.377 e. The monoisotopic (exact) mass is 257 g/mol. The second-order valence-corrected chi connectivity index (χ2v) is 6.98. The van der Waals surface area contributed by atoms with Crippen molar-refractivity contribution in [3.63, 3.8) is 0 Å². The molecule has 2 rings (SSSR count). The van der Waals surface area contributed by atoms with E-state index < -0.39 is 0 Å². The number of nitrogens with two attached hydrogens (primary N) is 1. The van der Waals surface area contributed by atoms with Gasteiger partial charge in [0.15, 0.2) is 0 Å². The maximum atomic E-state index is 5.88. The van der Waals surface area contributed by atoms with Gasteiger partial charge in [0.1, 0.15) is 0 Å². The van der Waals surface area contributed by atoms with E-state index in [4.69, 9.17) is 10.5 Å². The van der Waals surface area contributed by atoms with E-state index in [2.05, 4.69) is 26.0 Å². The minimum Gasteiger partial charge on any atom is -0.377 e. The summed E-state index contributed by atoms with van der Waals surface area (Å²) in [5, 5.41) is 1.05. The smallest absolute Gasteiger partial charge is 0.0666 e. The third-order valence-electron chi connectivity index (χ3n) is 2.94. The number of thiophene rings is 1. The summed E-state index contributed by atoms with van der Waals surface area (Å²) in [5.41, 5.74) is 5.88. The average Bonchev–Trinajstić information content (AvgIpc) is 2.85. The molecule has 2 N–H and O–H groups in total. The highest BCUT2D eigenvalue weighted by molar-refractivity contribution is 8.00. The van der Waals surface area contributed by atoms with E-state index in [9.17, 15) is 0 Å². The molecule has 1 aliphatic rings. The summed E-state index contributed by atoms with van der Waals surface area (Å²) in [5.74, 6) is 0. The van der Waals surface area contributed by atoms with Crippen LogP contribution in [0.2, 0.25) is 0 Å². The van der Waals surface area contributed by atoms with Crippen LogP contribution in [0.1, 0.15) is 28.3 Å². The molecule has 0 saturated carbocycles. The molecule has 0 bridgehead atoms. The zero-order chi connectivity index (χ0) is 11.5. The zero-order valence-corrected chi connectivity index (χ0v) is 11.4. The van der Waals surface area contributed by atoms with E-state index in [1.807, 2.05) is 23.1 Å². The van der Waals surface area contributed by atoms with Gasteiger partial charge in [0.2, 0.25) is 0 Å². The van der Waals surface area contributed by atoms with E-state index in [0.29, 0.717) is 23.1 Å². The Morgan fingerprint density at radius 1 is 1.62 bits per heavy atom. The summed E-state index contributed by atoms with van der Waals surface area (Å²) in [6.07, 6.45) is 1.53. The summed E-state index contributed by atoms with van der Waals surface area (Å²) in [6, 6.07) is 4.39. The number of hydrogen-bond acceptors (Lipinski definition) is 4. The van der Waals surface area contributed by atoms with Crippen LogP contribution >= 0.6 is 23.1 Å². The Morgan fingerprint density at radius 3 is 2.94 bits per heavy atom. The van der Waals surface area contributed by atoms with E-state index in [1.165, 1.54) is 9.75 Å². The molecular formula is C12H19NOS2. The summed E-state index contributed by atoms with van der Waals surface area (Å²) in [7, 11) is 0. The first kappa shape index (κ1) is 12.4. The van der Waals surface area contributed by atoms with Crippen LogP contribution in [0, 0.1) is 6.92 Å². The van der Waals surface area contributed by atoms with E-state index in [-0.39, 0.29) is 0 Å². The number of ether oxygens (including phenoxy) is 1. The third kappa shape index (κ3) is 2.80. The van der Waals surface area contributed by atoms with Gasteiger partial charge in [-0.1, -0.05) is 0 Å². The highest BCUT2D eigenvalue weighted by Crippen LogP contribution is 2.39. The predicted molar refractivity (Wildman–Crippen MR) is 72.3 cm³/mol. The Kier molecular flexibility index (Phi) is 4.30. The second kappa shape index (κ2) is 5.54. The van der Waals surface area contributed by atoms with Crippen LogP contribution in [0.25, 0.3) is 0 Å². The van der Waals surface area contributed by atoms with Crippen LogP contribution < -0.4 is 5.73 Å². The molecule has 2 nitrogen and oxygen atoms in total. The first-order chi connectivity index (χ1) is 7.70. The fraction of sp³-hybridized carbons (Fsp3) is 0.667. The fourth-order valence-corrected chi connectivity index (χ4v) is 4.43. The molecule has 1 saturated heterocycles. The van der Waals surface area contributed by atoms with Crippen molar-refractivity contribution in [1.82, 2.24) is 0 Å². The standard InChI is InChI=1S/C12H19NOS2/c1-8-3-4-11(15-8)12(7-13)16-10-5-6-14-9(10)2/h3-4,9-10,12H,5-7,13H2,1-2H3. The number of hydrogen-bond donors (Lipinski definition) is 1. The van der Waals surface area contributed by atoms with Gasteiger partial charge in [-0.2, -0.15) is 0 Å². The predicted octanol–water partition coefficient (Wildman–Crippen LogP) is 2.97. The molecular weight excluding hydrogens is 238 g/mol. The van der Waals surface area contributed by atoms with E-state index >= 15 is 0 Å². The molecule has 0 amide bonds. The maximum absolute atomic E-state index is 5.88. The molecule has 0 aliphatic carbocycles. The first-order valence-corrected chi connectivity index (χ1v) is 7.50. The zero-order valence-electron chi connectivity index (χ0n) is 9.81. The lowest BCUT2D eigenvalue weighted by molar-refractivity contribution is 0.127. The molecule has 4 heteroatoms. The Bertz CT molecular complexity index is 340. The van der Waals surface area contributed by atoms with Crippen molar-refractivity contribution in [2.75, 3.05) is 13.2 Å². The molecule has 3 unspecified atom stereocenters. The molecule has 3 atom stereocenters. The van der Waals surface area contributed by atoms with E-state index in [1.54, 1.807) is 0 Å². The quantitative estimate of drug-likeness (QED) is 0.900. The fourth-order valence-electron chi connectivity index (χ4n) is 1.97. The maximum Gasteiger partial charge on any atom is 0.0666 e. The van der Waals surface area contributed by atoms with Crippen molar-refractivity contribution in [3.8, 4) is 0 Å². The SMILES string of the molecule is Cc1ccc(C(CN)SC2CCOC2C)s1. The van der Waals surface area contributed by atoms with Gasteiger partial charge in [-0.15, -0.1) is 23.1 Å².